The van der Waals surface area contributed by atoms with Crippen molar-refractivity contribution in [3.05, 3.63) is 72.3 Å². The number of hydrogen-bond donors (Lipinski definition) is 0. The van der Waals surface area contributed by atoms with Crippen molar-refractivity contribution in [1.82, 2.24) is 0 Å². The van der Waals surface area contributed by atoms with Crippen molar-refractivity contribution in [2.24, 2.45) is 0 Å². The quantitative estimate of drug-likeness (QED) is 0.371. The largest absolute Gasteiger partial charge is 0.748 e. The second-order valence-electron chi connectivity index (χ2n) is 4.01. The zero-order valence-corrected chi connectivity index (χ0v) is 12.3. The van der Waals surface area contributed by atoms with Gasteiger partial charge in [-0.1, -0.05) is 6.58 Å². The van der Waals surface area contributed by atoms with Crippen molar-refractivity contribution in [3.8, 4) is 0 Å². The molecule has 0 fully saturated rings. The summed E-state index contributed by atoms with van der Waals surface area (Å²) in [5.74, 6) is -0.339. The molecule has 0 N–H and O–H groups in total. The van der Waals surface area contributed by atoms with E-state index < -0.39 is 0 Å². The molecule has 108 valence electrons. The minimum Gasteiger partial charge on any atom is -0.748 e. The number of esters is 1. The van der Waals surface area contributed by atoms with Crippen LogP contribution in [0.5, 0.6) is 0 Å². The van der Waals surface area contributed by atoms with Gasteiger partial charge in [0, 0.05) is 22.6 Å². The fraction of sp³-hybridized carbons (Fsp3) is 0.188. The Hall–Kier alpha value is -1.57. The zero-order valence-electron chi connectivity index (χ0n) is 11.2. The van der Waals surface area contributed by atoms with Gasteiger partial charge in [0.25, 0.3) is 0 Å². The average Bonchev–Trinajstić information content (AvgIpc) is 3.05. The fourth-order valence-corrected chi connectivity index (χ4v) is 1.31. The maximum absolute atomic E-state index is 11.1. The van der Waals surface area contributed by atoms with Crippen LogP contribution in [-0.4, -0.2) is 5.97 Å². The molecule has 0 aromatic heterocycles. The van der Waals surface area contributed by atoms with Gasteiger partial charge >= 0.3 is 5.97 Å². The molecule has 0 spiro atoms. The van der Waals surface area contributed by atoms with Gasteiger partial charge in [0.2, 0.25) is 0 Å². The summed E-state index contributed by atoms with van der Waals surface area (Å²) in [6.45, 7) is 7.00. The molecule has 1 atom stereocenters. The van der Waals surface area contributed by atoms with Crippen molar-refractivity contribution in [2.75, 3.05) is 0 Å². The summed E-state index contributed by atoms with van der Waals surface area (Å²) >= 11 is 0. The van der Waals surface area contributed by atoms with Gasteiger partial charge < -0.3 is 35.1 Å². The Morgan fingerprint density at radius 2 is 1.58 bits per heavy atom. The van der Waals surface area contributed by atoms with Crippen molar-refractivity contribution < 1.29 is 26.6 Å². The number of hydrogen-bond acceptors (Lipinski definition) is 2. The monoisotopic (exact) mass is 298 g/mol. The Kier molecular flexibility index (Phi) is 8.60. The molecular formula is C16H18FeO2-6. The molecule has 0 aliphatic rings. The van der Waals surface area contributed by atoms with E-state index in [1.165, 1.54) is 0 Å². The molecule has 0 aliphatic carbocycles. The summed E-state index contributed by atoms with van der Waals surface area (Å²) in [4.78, 5) is 11.1. The van der Waals surface area contributed by atoms with E-state index in [9.17, 15) is 4.79 Å². The van der Waals surface area contributed by atoms with Crippen molar-refractivity contribution in [3.63, 3.8) is 0 Å². The van der Waals surface area contributed by atoms with E-state index in [4.69, 9.17) is 4.74 Å². The second-order valence-corrected chi connectivity index (χ2v) is 4.01. The van der Waals surface area contributed by atoms with Crippen LogP contribution >= 0.6 is 0 Å². The summed E-state index contributed by atoms with van der Waals surface area (Å²) in [5, 5.41) is 0. The topological polar surface area (TPSA) is 26.3 Å². The molecule has 2 rings (SSSR count). The van der Waals surface area contributed by atoms with Crippen LogP contribution in [0.1, 0.15) is 25.5 Å². The van der Waals surface area contributed by atoms with E-state index >= 15 is 0 Å². The van der Waals surface area contributed by atoms with Gasteiger partial charge in [-0.15, -0.1) is 5.56 Å². The third-order valence-electron chi connectivity index (χ3n) is 2.35. The number of rotatable bonds is 3. The van der Waals surface area contributed by atoms with Crippen LogP contribution in [0.3, 0.4) is 0 Å². The molecule has 0 radical (unpaired) electrons. The minimum absolute atomic E-state index is 0. The predicted octanol–water partition coefficient (Wildman–Crippen LogP) is 3.99. The van der Waals surface area contributed by atoms with Crippen LogP contribution < -0.4 is 0 Å². The summed E-state index contributed by atoms with van der Waals surface area (Å²) in [7, 11) is 0. The molecule has 0 amide bonds. The van der Waals surface area contributed by atoms with Gasteiger partial charge in [0.15, 0.2) is 0 Å². The Morgan fingerprint density at radius 3 is 1.95 bits per heavy atom. The number of carbonyl (C=O) groups excluding carboxylic acids is 1. The van der Waals surface area contributed by atoms with Gasteiger partial charge in [0.05, 0.1) is 6.10 Å². The molecule has 2 aromatic carbocycles. The van der Waals surface area contributed by atoms with E-state index in [1.54, 1.807) is 6.92 Å². The smallest absolute Gasteiger partial charge is 0.332 e. The molecule has 0 heterocycles. The van der Waals surface area contributed by atoms with E-state index in [-0.39, 0.29) is 29.1 Å². The SMILES string of the molecule is C=C(C)C(=O)OC(C)[c-]1cccc1.[Fe].[cH-]1[cH-][cH-][cH-][cH-]1. The maximum atomic E-state index is 11.1. The molecule has 3 heteroatoms. The molecule has 0 bridgehead atoms. The van der Waals surface area contributed by atoms with Crippen LogP contribution in [0.4, 0.5) is 0 Å². The molecule has 0 aliphatic heterocycles. The molecule has 0 saturated heterocycles. The van der Waals surface area contributed by atoms with Crippen LogP contribution in [0.15, 0.2) is 66.7 Å². The summed E-state index contributed by atoms with van der Waals surface area (Å²) in [5.41, 5.74) is 1.44. The molecule has 19 heavy (non-hydrogen) atoms. The van der Waals surface area contributed by atoms with Crippen LogP contribution in [0.25, 0.3) is 0 Å². The fourth-order valence-electron chi connectivity index (χ4n) is 1.31. The van der Waals surface area contributed by atoms with Gasteiger partial charge in [-0.05, 0) is 13.8 Å². The predicted molar refractivity (Wildman–Crippen MR) is 73.4 cm³/mol. The first kappa shape index (κ1) is 17.4. The summed E-state index contributed by atoms with van der Waals surface area (Å²) < 4.78 is 5.12. The Morgan fingerprint density at radius 1 is 1.16 bits per heavy atom. The first-order valence-electron chi connectivity index (χ1n) is 5.86. The Labute approximate surface area is 125 Å². The molecule has 0 saturated carbocycles. The van der Waals surface area contributed by atoms with E-state index in [0.29, 0.717) is 5.57 Å². The van der Waals surface area contributed by atoms with Crippen LogP contribution in [-0.2, 0) is 26.6 Å². The molecule has 2 aromatic rings. The first-order valence-corrected chi connectivity index (χ1v) is 5.86. The number of ether oxygens (including phenoxy) is 1. The van der Waals surface area contributed by atoms with E-state index in [0.717, 1.165) is 5.56 Å². The van der Waals surface area contributed by atoms with E-state index in [2.05, 4.69) is 6.58 Å². The number of carbonyl (C=O) groups is 1. The first-order chi connectivity index (χ1) is 8.61. The van der Waals surface area contributed by atoms with Gasteiger partial charge in [-0.3, -0.25) is 0 Å². The van der Waals surface area contributed by atoms with Crippen molar-refractivity contribution in [2.45, 2.75) is 20.0 Å². The summed E-state index contributed by atoms with van der Waals surface area (Å²) in [6.07, 6.45) is -0.195. The van der Waals surface area contributed by atoms with Gasteiger partial charge in [0.1, 0.15) is 0 Å². The van der Waals surface area contributed by atoms with Crippen molar-refractivity contribution >= 4 is 5.97 Å². The van der Waals surface area contributed by atoms with E-state index in [1.807, 2.05) is 61.5 Å². The molecular weight excluding hydrogens is 280 g/mol. The zero-order chi connectivity index (χ0) is 13.4. The third kappa shape index (κ3) is 6.80. The molecule has 1 unspecified atom stereocenters. The standard InChI is InChI=1S/C11H13O2.C5H5.Fe/c1-8(2)11(12)13-9(3)10-6-4-5-7-10;1-2-4-5-3-1;/h4-7,9H,1H2,2-3H3;1-5H;/q-1;-5;. The second kappa shape index (κ2) is 9.37. The van der Waals surface area contributed by atoms with Gasteiger partial charge in [-0.25, -0.2) is 16.9 Å². The third-order valence-corrected chi connectivity index (χ3v) is 2.35. The Bertz CT molecular complexity index is 438. The van der Waals surface area contributed by atoms with Crippen molar-refractivity contribution in [1.29, 1.82) is 0 Å². The Balaban J connectivity index is 0.000000454. The van der Waals surface area contributed by atoms with Gasteiger partial charge in [-0.2, -0.15) is 12.1 Å². The molecule has 2 nitrogen and oxygen atoms in total. The minimum atomic E-state index is -0.339. The maximum Gasteiger partial charge on any atom is 0.332 e. The van der Waals surface area contributed by atoms with Crippen LogP contribution in [0.2, 0.25) is 0 Å². The van der Waals surface area contributed by atoms with Crippen LogP contribution in [0, 0.1) is 0 Å². The summed E-state index contributed by atoms with van der Waals surface area (Å²) in [6, 6.07) is 17.7. The average molecular weight is 298 g/mol. The normalized spacial score (nSPS) is 10.4.